The summed E-state index contributed by atoms with van der Waals surface area (Å²) in [6.07, 6.45) is 5.71. The molecule has 1 aromatic heterocycles. The Bertz CT molecular complexity index is 260. The van der Waals surface area contributed by atoms with Gasteiger partial charge in [-0.25, -0.2) is 0 Å². The standard InChI is InChI=1S/C10H17N3O/c14-10-3-1-5-12(9-10)7-8-13-6-2-4-11-13/h2,4,6,10,14H,1,3,5,7-9H2/t10-/m0/s1. The Morgan fingerprint density at radius 2 is 2.36 bits per heavy atom. The molecule has 0 saturated carbocycles. The van der Waals surface area contributed by atoms with Crippen molar-refractivity contribution < 1.29 is 5.11 Å². The van der Waals surface area contributed by atoms with E-state index in [0.29, 0.717) is 0 Å². The molecule has 1 N–H and O–H groups in total. The van der Waals surface area contributed by atoms with E-state index in [1.165, 1.54) is 0 Å². The van der Waals surface area contributed by atoms with Crippen molar-refractivity contribution in [2.45, 2.75) is 25.5 Å². The van der Waals surface area contributed by atoms with Crippen LogP contribution in [0.4, 0.5) is 0 Å². The van der Waals surface area contributed by atoms with Crippen LogP contribution in [0.2, 0.25) is 0 Å². The fourth-order valence-corrected chi connectivity index (χ4v) is 1.91. The molecule has 14 heavy (non-hydrogen) atoms. The van der Waals surface area contributed by atoms with Crippen molar-refractivity contribution in [2.75, 3.05) is 19.6 Å². The van der Waals surface area contributed by atoms with Gasteiger partial charge in [0, 0.05) is 25.5 Å². The molecule has 2 heterocycles. The van der Waals surface area contributed by atoms with Gasteiger partial charge in [0.1, 0.15) is 0 Å². The molecule has 1 aromatic rings. The Hall–Kier alpha value is -0.870. The minimum atomic E-state index is -0.124. The van der Waals surface area contributed by atoms with Gasteiger partial charge in [0.15, 0.2) is 0 Å². The second-order valence-corrected chi connectivity index (χ2v) is 3.87. The molecular formula is C10H17N3O. The summed E-state index contributed by atoms with van der Waals surface area (Å²) in [5.41, 5.74) is 0. The number of aliphatic hydroxyl groups excluding tert-OH is 1. The van der Waals surface area contributed by atoms with E-state index in [4.69, 9.17) is 0 Å². The van der Waals surface area contributed by atoms with Gasteiger partial charge in [0.25, 0.3) is 0 Å². The summed E-state index contributed by atoms with van der Waals surface area (Å²) in [5.74, 6) is 0. The predicted octanol–water partition coefficient (Wildman–Crippen LogP) is 0.340. The van der Waals surface area contributed by atoms with Crippen molar-refractivity contribution in [1.29, 1.82) is 0 Å². The molecule has 0 radical (unpaired) electrons. The highest BCUT2D eigenvalue weighted by Gasteiger charge is 2.16. The molecule has 78 valence electrons. The average molecular weight is 195 g/mol. The van der Waals surface area contributed by atoms with Gasteiger partial charge < -0.3 is 5.11 Å². The van der Waals surface area contributed by atoms with Gasteiger partial charge in [-0.2, -0.15) is 5.10 Å². The highest BCUT2D eigenvalue weighted by atomic mass is 16.3. The maximum Gasteiger partial charge on any atom is 0.0667 e. The lowest BCUT2D eigenvalue weighted by Gasteiger charge is -2.29. The van der Waals surface area contributed by atoms with Gasteiger partial charge in [-0.05, 0) is 25.5 Å². The third-order valence-corrected chi connectivity index (χ3v) is 2.69. The van der Waals surface area contributed by atoms with E-state index in [9.17, 15) is 5.11 Å². The quantitative estimate of drug-likeness (QED) is 0.756. The number of nitrogens with zero attached hydrogens (tertiary/aromatic N) is 3. The van der Waals surface area contributed by atoms with Crippen LogP contribution in [0.15, 0.2) is 18.5 Å². The van der Waals surface area contributed by atoms with E-state index in [0.717, 1.165) is 39.0 Å². The van der Waals surface area contributed by atoms with Crippen molar-refractivity contribution in [3.05, 3.63) is 18.5 Å². The van der Waals surface area contributed by atoms with Crippen LogP contribution >= 0.6 is 0 Å². The zero-order valence-corrected chi connectivity index (χ0v) is 8.34. The molecule has 2 rings (SSSR count). The summed E-state index contributed by atoms with van der Waals surface area (Å²) in [4.78, 5) is 2.30. The average Bonchev–Trinajstić information content (AvgIpc) is 2.67. The van der Waals surface area contributed by atoms with Crippen molar-refractivity contribution >= 4 is 0 Å². The molecule has 1 saturated heterocycles. The first-order valence-electron chi connectivity index (χ1n) is 5.22. The summed E-state index contributed by atoms with van der Waals surface area (Å²) in [6, 6.07) is 1.94. The summed E-state index contributed by atoms with van der Waals surface area (Å²) in [6.45, 7) is 3.83. The molecule has 1 aliphatic rings. The molecular weight excluding hydrogens is 178 g/mol. The molecule has 0 spiro atoms. The fraction of sp³-hybridized carbons (Fsp3) is 0.700. The summed E-state index contributed by atoms with van der Waals surface area (Å²) >= 11 is 0. The highest BCUT2D eigenvalue weighted by molar-refractivity contribution is 4.78. The van der Waals surface area contributed by atoms with Crippen LogP contribution in [-0.4, -0.2) is 45.5 Å². The molecule has 0 aromatic carbocycles. The van der Waals surface area contributed by atoms with Crippen molar-refractivity contribution in [3.8, 4) is 0 Å². The van der Waals surface area contributed by atoms with E-state index in [-0.39, 0.29) is 6.10 Å². The summed E-state index contributed by atoms with van der Waals surface area (Å²) in [5, 5.41) is 13.6. The Morgan fingerprint density at radius 3 is 3.07 bits per heavy atom. The van der Waals surface area contributed by atoms with Crippen molar-refractivity contribution in [3.63, 3.8) is 0 Å². The van der Waals surface area contributed by atoms with Gasteiger partial charge in [-0.1, -0.05) is 0 Å². The normalized spacial score (nSPS) is 23.9. The molecule has 0 bridgehead atoms. The molecule has 1 aliphatic heterocycles. The zero-order chi connectivity index (χ0) is 9.80. The Labute approximate surface area is 84.1 Å². The molecule has 1 atom stereocenters. The number of likely N-dealkylation sites (tertiary alicyclic amines) is 1. The third-order valence-electron chi connectivity index (χ3n) is 2.69. The van der Waals surface area contributed by atoms with Crippen molar-refractivity contribution in [2.24, 2.45) is 0 Å². The molecule has 4 heteroatoms. The van der Waals surface area contributed by atoms with Gasteiger partial charge in [0.05, 0.1) is 12.6 Å². The number of aromatic nitrogens is 2. The Balaban J connectivity index is 1.75. The monoisotopic (exact) mass is 195 g/mol. The van der Waals surface area contributed by atoms with Crippen LogP contribution in [0, 0.1) is 0 Å². The van der Waals surface area contributed by atoms with Crippen LogP contribution in [0.25, 0.3) is 0 Å². The SMILES string of the molecule is O[C@H]1CCCN(CCn2cccn2)C1. The van der Waals surface area contributed by atoms with Gasteiger partial charge >= 0.3 is 0 Å². The minimum absolute atomic E-state index is 0.124. The number of β-amino-alcohol motifs (C(OH)–C–C–N with tert-alkyl or cyclic N) is 1. The van der Waals surface area contributed by atoms with E-state index >= 15 is 0 Å². The smallest absolute Gasteiger partial charge is 0.0667 e. The first-order chi connectivity index (χ1) is 6.84. The highest BCUT2D eigenvalue weighted by Crippen LogP contribution is 2.09. The van der Waals surface area contributed by atoms with E-state index in [1.807, 2.05) is 16.9 Å². The fourth-order valence-electron chi connectivity index (χ4n) is 1.91. The second-order valence-electron chi connectivity index (χ2n) is 3.87. The number of hydrogen-bond donors (Lipinski definition) is 1. The maximum atomic E-state index is 9.47. The maximum absolute atomic E-state index is 9.47. The third kappa shape index (κ3) is 2.56. The predicted molar refractivity (Wildman–Crippen MR) is 53.9 cm³/mol. The Kier molecular flexibility index (Phi) is 3.16. The van der Waals surface area contributed by atoms with Crippen molar-refractivity contribution in [1.82, 2.24) is 14.7 Å². The first-order valence-corrected chi connectivity index (χ1v) is 5.22. The first kappa shape index (κ1) is 9.68. The minimum Gasteiger partial charge on any atom is -0.392 e. The molecule has 4 nitrogen and oxygen atoms in total. The van der Waals surface area contributed by atoms with Crippen LogP contribution < -0.4 is 0 Å². The largest absolute Gasteiger partial charge is 0.392 e. The number of aliphatic hydroxyl groups is 1. The molecule has 0 amide bonds. The number of rotatable bonds is 3. The number of piperidine rings is 1. The zero-order valence-electron chi connectivity index (χ0n) is 8.34. The lowest BCUT2D eigenvalue weighted by atomic mass is 10.1. The van der Waals surface area contributed by atoms with E-state index < -0.39 is 0 Å². The van der Waals surface area contributed by atoms with Gasteiger partial charge in [-0.15, -0.1) is 0 Å². The van der Waals surface area contributed by atoms with E-state index in [2.05, 4.69) is 10.00 Å². The topological polar surface area (TPSA) is 41.3 Å². The van der Waals surface area contributed by atoms with Crippen LogP contribution in [0.3, 0.4) is 0 Å². The molecule has 0 unspecified atom stereocenters. The van der Waals surface area contributed by atoms with Crippen LogP contribution in [0.1, 0.15) is 12.8 Å². The van der Waals surface area contributed by atoms with Gasteiger partial charge in [0.2, 0.25) is 0 Å². The van der Waals surface area contributed by atoms with Gasteiger partial charge in [-0.3, -0.25) is 9.58 Å². The molecule has 1 fully saturated rings. The van der Waals surface area contributed by atoms with Crippen LogP contribution in [-0.2, 0) is 6.54 Å². The number of hydrogen-bond acceptors (Lipinski definition) is 3. The summed E-state index contributed by atoms with van der Waals surface area (Å²) in [7, 11) is 0. The lowest BCUT2D eigenvalue weighted by molar-refractivity contribution is 0.0684. The molecule has 0 aliphatic carbocycles. The van der Waals surface area contributed by atoms with Crippen LogP contribution in [0.5, 0.6) is 0 Å². The lowest BCUT2D eigenvalue weighted by Crippen LogP contribution is -2.39. The second kappa shape index (κ2) is 4.57. The Morgan fingerprint density at radius 1 is 1.43 bits per heavy atom. The van der Waals surface area contributed by atoms with E-state index in [1.54, 1.807) is 6.20 Å². The summed E-state index contributed by atoms with van der Waals surface area (Å²) < 4.78 is 1.93.